The summed E-state index contributed by atoms with van der Waals surface area (Å²) in [6.07, 6.45) is 1.21. The van der Waals surface area contributed by atoms with E-state index < -0.39 is 34.6 Å². The van der Waals surface area contributed by atoms with Gasteiger partial charge in [0.25, 0.3) is 5.24 Å². The summed E-state index contributed by atoms with van der Waals surface area (Å²) in [4.78, 5) is 51.8. The van der Waals surface area contributed by atoms with Crippen molar-refractivity contribution in [3.8, 4) is 0 Å². The maximum absolute atomic E-state index is 11.3. The van der Waals surface area contributed by atoms with E-state index in [1.54, 1.807) is 41.5 Å². The van der Waals surface area contributed by atoms with Gasteiger partial charge in [-0.3, -0.25) is 15.4 Å². The first-order valence-electron chi connectivity index (χ1n) is 8.90. The molecular weight excluding hydrogens is 484 g/mol. The molecule has 2 rings (SSSR count). The van der Waals surface area contributed by atoms with Crippen LogP contribution in [0.15, 0.2) is 12.4 Å². The molecule has 3 N–H and O–H groups in total. The number of hydrogen-bond donors (Lipinski definition) is 3. The number of carboxylic acid groups (broad SMARTS) is 1. The highest BCUT2D eigenvalue weighted by Gasteiger charge is 2.19. The second kappa shape index (κ2) is 11.2. The topological polar surface area (TPSA) is 157 Å². The lowest BCUT2D eigenvalue weighted by Crippen LogP contribution is -2.27. The third-order valence-electron chi connectivity index (χ3n) is 2.63. The van der Waals surface area contributed by atoms with E-state index in [1.165, 1.54) is 12.4 Å². The number of carbonyl (C=O) groups is 4. The average molecular weight is 507 g/mol. The quantitative estimate of drug-likeness (QED) is 0.482. The number of halogens is 1. The molecule has 2 amide bonds. The smallest absolute Gasteiger partial charge is 0.413 e. The average Bonchev–Trinajstić information content (AvgIpc) is 3.21. The van der Waals surface area contributed by atoms with E-state index in [0.717, 1.165) is 22.7 Å². The number of thiazole rings is 2. The van der Waals surface area contributed by atoms with Crippen molar-refractivity contribution in [3.63, 3.8) is 0 Å². The normalized spacial score (nSPS) is 11.0. The van der Waals surface area contributed by atoms with E-state index in [4.69, 9.17) is 26.2 Å². The number of carboxylic acids is 1. The van der Waals surface area contributed by atoms with Crippen LogP contribution in [0.2, 0.25) is 0 Å². The second-order valence-corrected chi connectivity index (χ2v) is 10.3. The Labute approximate surface area is 197 Å². The molecular formula is C18H23ClN4O7S2. The number of amides is 2. The predicted molar refractivity (Wildman–Crippen MR) is 121 cm³/mol. The first-order chi connectivity index (χ1) is 14.6. The molecule has 2 aromatic rings. The molecule has 0 radical (unpaired) electrons. The van der Waals surface area contributed by atoms with Crippen molar-refractivity contribution >= 4 is 67.9 Å². The highest BCUT2D eigenvalue weighted by atomic mass is 35.5. The maximum Gasteiger partial charge on any atom is 0.413 e. The molecule has 0 aliphatic carbocycles. The van der Waals surface area contributed by atoms with Gasteiger partial charge in [0.1, 0.15) is 21.0 Å². The third kappa shape index (κ3) is 11.0. The van der Waals surface area contributed by atoms with Gasteiger partial charge in [-0.05, 0) is 53.1 Å². The first kappa shape index (κ1) is 27.3. The van der Waals surface area contributed by atoms with Gasteiger partial charge in [0.15, 0.2) is 10.3 Å². The van der Waals surface area contributed by atoms with Crippen molar-refractivity contribution < 1.29 is 33.8 Å². The van der Waals surface area contributed by atoms with Crippen molar-refractivity contribution in [1.82, 2.24) is 9.97 Å². The standard InChI is InChI=1S/C9H11ClN2O3S.C9H12N2O4S/c1-9(2,3)15-8(14)12-7-11-4-5(16-7)6(10)13;1-9(2,3)15-8(14)11-7-10-4-5(16-7)6(12)13/h4H,1-3H3,(H,11,12,14);4H,1-3H3,(H,12,13)(H,10,11,14). The van der Waals surface area contributed by atoms with E-state index in [0.29, 0.717) is 0 Å². The molecule has 2 heterocycles. The summed E-state index contributed by atoms with van der Waals surface area (Å²) in [5.74, 6) is -1.07. The van der Waals surface area contributed by atoms with E-state index in [2.05, 4.69) is 20.6 Å². The van der Waals surface area contributed by atoms with Crippen LogP contribution in [0.5, 0.6) is 0 Å². The Morgan fingerprint density at radius 1 is 0.844 bits per heavy atom. The molecule has 176 valence electrons. The summed E-state index contributed by atoms with van der Waals surface area (Å²) < 4.78 is 9.99. The number of anilines is 2. The molecule has 0 saturated carbocycles. The van der Waals surface area contributed by atoms with Gasteiger partial charge in [0, 0.05) is 0 Å². The summed E-state index contributed by atoms with van der Waals surface area (Å²) in [5.41, 5.74) is -1.18. The van der Waals surface area contributed by atoms with Crippen LogP contribution in [-0.2, 0) is 9.47 Å². The molecule has 0 aliphatic heterocycles. The molecule has 14 heteroatoms. The molecule has 0 fully saturated rings. The zero-order valence-corrected chi connectivity index (χ0v) is 20.5. The number of nitrogens with one attached hydrogen (secondary N) is 2. The third-order valence-corrected chi connectivity index (χ3v) is 4.76. The van der Waals surface area contributed by atoms with E-state index in [-0.39, 0.29) is 20.0 Å². The van der Waals surface area contributed by atoms with Gasteiger partial charge < -0.3 is 14.6 Å². The first-order valence-corrected chi connectivity index (χ1v) is 10.9. The summed E-state index contributed by atoms with van der Waals surface area (Å²) in [6, 6.07) is 0. The zero-order chi connectivity index (χ0) is 24.7. The largest absolute Gasteiger partial charge is 0.477 e. The van der Waals surface area contributed by atoms with Gasteiger partial charge in [0.05, 0.1) is 12.4 Å². The Morgan fingerprint density at radius 3 is 1.50 bits per heavy atom. The zero-order valence-electron chi connectivity index (χ0n) is 18.1. The highest BCUT2D eigenvalue weighted by Crippen LogP contribution is 2.21. The Kier molecular flexibility index (Phi) is 9.54. The summed E-state index contributed by atoms with van der Waals surface area (Å²) in [6.45, 7) is 10.5. The number of rotatable bonds is 4. The van der Waals surface area contributed by atoms with Gasteiger partial charge in [-0.15, -0.1) is 0 Å². The number of hydrogen-bond acceptors (Lipinski definition) is 10. The van der Waals surface area contributed by atoms with Crippen LogP contribution >= 0.6 is 34.3 Å². The maximum atomic E-state index is 11.3. The van der Waals surface area contributed by atoms with E-state index in [9.17, 15) is 19.2 Å². The lowest BCUT2D eigenvalue weighted by molar-refractivity contribution is 0.0624. The van der Waals surface area contributed by atoms with Crippen LogP contribution in [0.25, 0.3) is 0 Å². The van der Waals surface area contributed by atoms with Crippen LogP contribution in [0.1, 0.15) is 60.9 Å². The lowest BCUT2D eigenvalue weighted by atomic mass is 10.2. The highest BCUT2D eigenvalue weighted by molar-refractivity contribution is 7.19. The molecule has 32 heavy (non-hydrogen) atoms. The molecule has 0 atom stereocenters. The Balaban J connectivity index is 0.000000320. The molecule has 0 bridgehead atoms. The Morgan fingerprint density at radius 2 is 1.22 bits per heavy atom. The van der Waals surface area contributed by atoms with Crippen LogP contribution in [-0.4, -0.2) is 49.7 Å². The van der Waals surface area contributed by atoms with Crippen molar-refractivity contribution in [2.75, 3.05) is 10.6 Å². The van der Waals surface area contributed by atoms with Crippen molar-refractivity contribution in [2.45, 2.75) is 52.7 Å². The van der Waals surface area contributed by atoms with Crippen molar-refractivity contribution in [3.05, 3.63) is 22.1 Å². The molecule has 2 aromatic heterocycles. The minimum absolute atomic E-state index is 0.0612. The second-order valence-electron chi connectivity index (χ2n) is 7.89. The number of nitrogens with zero attached hydrogens (tertiary/aromatic N) is 2. The molecule has 0 aliphatic rings. The Bertz CT molecular complexity index is 898. The SMILES string of the molecule is CC(C)(C)OC(=O)Nc1ncc(C(=O)Cl)s1.CC(C)(C)OC(=O)Nc1ncc(C(=O)O)s1. The Hall–Kier alpha value is -2.77. The molecule has 0 unspecified atom stereocenters. The number of aromatic carboxylic acids is 1. The van der Waals surface area contributed by atoms with Gasteiger partial charge in [-0.2, -0.15) is 0 Å². The fourth-order valence-corrected chi connectivity index (χ4v) is 3.07. The molecule has 11 nitrogen and oxygen atoms in total. The van der Waals surface area contributed by atoms with E-state index in [1.807, 2.05) is 0 Å². The minimum atomic E-state index is -1.07. The fourth-order valence-electron chi connectivity index (χ4n) is 1.64. The molecule has 0 spiro atoms. The lowest BCUT2D eigenvalue weighted by Gasteiger charge is -2.18. The van der Waals surface area contributed by atoms with Gasteiger partial charge in [0.2, 0.25) is 0 Å². The molecule has 0 saturated heterocycles. The number of aromatic nitrogens is 2. The fraction of sp³-hybridized carbons (Fsp3) is 0.444. The van der Waals surface area contributed by atoms with Gasteiger partial charge in [-0.25, -0.2) is 24.4 Å². The van der Waals surface area contributed by atoms with Crippen molar-refractivity contribution in [2.24, 2.45) is 0 Å². The van der Waals surface area contributed by atoms with Crippen LogP contribution in [0.4, 0.5) is 19.9 Å². The number of ether oxygens (including phenoxy) is 2. The molecule has 0 aromatic carbocycles. The van der Waals surface area contributed by atoms with Gasteiger partial charge in [-0.1, -0.05) is 22.7 Å². The van der Waals surface area contributed by atoms with Crippen LogP contribution in [0.3, 0.4) is 0 Å². The van der Waals surface area contributed by atoms with E-state index >= 15 is 0 Å². The van der Waals surface area contributed by atoms with Crippen LogP contribution < -0.4 is 10.6 Å². The van der Waals surface area contributed by atoms with Crippen LogP contribution in [0, 0.1) is 0 Å². The summed E-state index contributed by atoms with van der Waals surface area (Å²) >= 11 is 7.11. The van der Waals surface area contributed by atoms with Crippen molar-refractivity contribution in [1.29, 1.82) is 0 Å². The monoisotopic (exact) mass is 506 g/mol. The summed E-state index contributed by atoms with van der Waals surface area (Å²) in [5, 5.41) is 13.3. The number of carbonyl (C=O) groups excluding carboxylic acids is 3. The minimum Gasteiger partial charge on any atom is -0.477 e. The summed E-state index contributed by atoms with van der Waals surface area (Å²) in [7, 11) is 0. The van der Waals surface area contributed by atoms with Gasteiger partial charge >= 0.3 is 18.2 Å². The predicted octanol–water partition coefficient (Wildman–Crippen LogP) is 5.06.